The first kappa shape index (κ1) is 18.9. The zero-order chi connectivity index (χ0) is 17.2. The highest BCUT2D eigenvalue weighted by atomic mass is 19.1. The van der Waals surface area contributed by atoms with Gasteiger partial charge in [0.1, 0.15) is 11.7 Å². The van der Waals surface area contributed by atoms with Gasteiger partial charge in [0.25, 0.3) is 0 Å². The Kier molecular flexibility index (Phi) is 8.04. The molecule has 128 valence electrons. The number of benzene rings is 1. The van der Waals surface area contributed by atoms with E-state index in [9.17, 15) is 14.0 Å². The highest BCUT2D eigenvalue weighted by Crippen LogP contribution is 2.20. The molecule has 0 radical (unpaired) electrons. The number of amides is 2. The van der Waals surface area contributed by atoms with Gasteiger partial charge in [-0.15, -0.1) is 0 Å². The van der Waals surface area contributed by atoms with E-state index in [0.717, 1.165) is 0 Å². The van der Waals surface area contributed by atoms with Crippen molar-refractivity contribution in [2.45, 2.75) is 25.3 Å². The topological polar surface area (TPSA) is 90.6 Å². The lowest BCUT2D eigenvalue weighted by Gasteiger charge is -2.18. The van der Waals surface area contributed by atoms with Crippen molar-refractivity contribution in [2.75, 3.05) is 27.0 Å². The van der Waals surface area contributed by atoms with E-state index in [1.165, 1.54) is 7.11 Å². The molecule has 0 saturated carbocycles. The average molecular weight is 326 g/mol. The van der Waals surface area contributed by atoms with Gasteiger partial charge in [-0.3, -0.25) is 14.0 Å². The predicted molar refractivity (Wildman–Crippen MR) is 83.9 cm³/mol. The second-order valence-electron chi connectivity index (χ2n) is 5.16. The summed E-state index contributed by atoms with van der Waals surface area (Å²) in [7, 11) is 1.52. The van der Waals surface area contributed by atoms with Gasteiger partial charge in [-0.25, -0.2) is 0 Å². The van der Waals surface area contributed by atoms with E-state index in [4.69, 9.17) is 15.2 Å². The fourth-order valence-electron chi connectivity index (χ4n) is 2.06. The Bertz CT molecular complexity index is 507. The molecule has 0 bridgehead atoms. The van der Waals surface area contributed by atoms with Gasteiger partial charge in [0.05, 0.1) is 19.9 Å². The fraction of sp³-hybridized carbons (Fsp3) is 0.500. The number of methoxy groups -OCH3 is 1. The van der Waals surface area contributed by atoms with Gasteiger partial charge in [0, 0.05) is 19.6 Å². The Morgan fingerprint density at radius 2 is 1.96 bits per heavy atom. The zero-order valence-corrected chi connectivity index (χ0v) is 13.4. The van der Waals surface area contributed by atoms with Crippen LogP contribution in [0, 0.1) is 0 Å². The van der Waals surface area contributed by atoms with Gasteiger partial charge in [-0.05, 0) is 24.6 Å². The largest absolute Gasteiger partial charge is 0.494 e. The minimum Gasteiger partial charge on any atom is -0.494 e. The van der Waals surface area contributed by atoms with E-state index in [1.807, 2.05) is 0 Å². The predicted octanol–water partition coefficient (Wildman–Crippen LogP) is 1.14. The molecular formula is C16H23FN2O4. The summed E-state index contributed by atoms with van der Waals surface area (Å²) in [6.07, 6.45) is 0.311. The minimum atomic E-state index is -1.09. The van der Waals surface area contributed by atoms with Gasteiger partial charge >= 0.3 is 0 Å². The Labute approximate surface area is 135 Å². The van der Waals surface area contributed by atoms with Crippen molar-refractivity contribution < 1.29 is 23.5 Å². The van der Waals surface area contributed by atoms with E-state index in [1.54, 1.807) is 31.2 Å². The molecule has 1 rings (SSSR count). The molecule has 0 unspecified atom stereocenters. The second kappa shape index (κ2) is 9.78. The van der Waals surface area contributed by atoms with Crippen molar-refractivity contribution in [3.63, 3.8) is 0 Å². The van der Waals surface area contributed by atoms with Crippen LogP contribution in [0.25, 0.3) is 0 Å². The van der Waals surface area contributed by atoms with Crippen LogP contribution >= 0.6 is 0 Å². The molecule has 1 aromatic carbocycles. The SMILES string of the molecule is COC[C@H](C)NC(=O)[C@H](C(N)=O)c1ccc(OCCCF)cc1. The summed E-state index contributed by atoms with van der Waals surface area (Å²) in [6.45, 7) is 1.92. The van der Waals surface area contributed by atoms with Crippen molar-refractivity contribution >= 4 is 11.8 Å². The molecule has 2 atom stereocenters. The van der Waals surface area contributed by atoms with Gasteiger partial charge in [-0.2, -0.15) is 0 Å². The van der Waals surface area contributed by atoms with Crippen molar-refractivity contribution in [3.05, 3.63) is 29.8 Å². The molecule has 0 aliphatic heterocycles. The van der Waals surface area contributed by atoms with Crippen LogP contribution in [-0.4, -0.2) is 44.9 Å². The molecule has 1 aromatic rings. The third kappa shape index (κ3) is 6.23. The van der Waals surface area contributed by atoms with E-state index in [0.29, 0.717) is 24.3 Å². The van der Waals surface area contributed by atoms with Crippen LogP contribution < -0.4 is 15.8 Å². The Morgan fingerprint density at radius 1 is 1.30 bits per heavy atom. The standard InChI is InChI=1S/C16H23FN2O4/c1-11(10-22-2)19-16(21)14(15(18)20)12-4-6-13(7-5-12)23-9-3-8-17/h4-7,11,14H,3,8-10H2,1-2H3,(H2,18,20)(H,19,21)/t11-,14-/m0/s1. The summed E-state index contributed by atoms with van der Waals surface area (Å²) in [5, 5.41) is 2.68. The molecule has 0 fully saturated rings. The summed E-state index contributed by atoms with van der Waals surface area (Å²) >= 11 is 0. The summed E-state index contributed by atoms with van der Waals surface area (Å²) in [6, 6.07) is 6.20. The lowest BCUT2D eigenvalue weighted by molar-refractivity contribution is -0.130. The van der Waals surface area contributed by atoms with Crippen LogP contribution in [0.4, 0.5) is 4.39 Å². The average Bonchev–Trinajstić information content (AvgIpc) is 2.49. The number of hydrogen-bond donors (Lipinski definition) is 2. The number of primary amides is 1. The normalized spacial score (nSPS) is 13.2. The third-order valence-electron chi connectivity index (χ3n) is 3.11. The maximum atomic E-state index is 12.2. The second-order valence-corrected chi connectivity index (χ2v) is 5.16. The number of carbonyl (C=O) groups excluding carboxylic acids is 2. The Hall–Kier alpha value is -2.15. The summed E-state index contributed by atoms with van der Waals surface area (Å²) in [5.74, 6) is -1.76. The lowest BCUT2D eigenvalue weighted by atomic mass is 9.97. The van der Waals surface area contributed by atoms with Crippen LogP contribution in [0.3, 0.4) is 0 Å². The van der Waals surface area contributed by atoms with Gasteiger partial charge in [0.2, 0.25) is 11.8 Å². The summed E-state index contributed by atoms with van der Waals surface area (Å²) < 4.78 is 22.3. The Morgan fingerprint density at radius 3 is 2.48 bits per heavy atom. The summed E-state index contributed by atoms with van der Waals surface area (Å²) in [4.78, 5) is 23.9. The number of nitrogens with one attached hydrogen (secondary N) is 1. The van der Waals surface area contributed by atoms with Crippen LogP contribution in [0.1, 0.15) is 24.8 Å². The monoisotopic (exact) mass is 326 g/mol. The maximum Gasteiger partial charge on any atom is 0.237 e. The molecule has 3 N–H and O–H groups in total. The number of carbonyl (C=O) groups is 2. The number of nitrogens with two attached hydrogens (primary N) is 1. The summed E-state index contributed by atoms with van der Waals surface area (Å²) in [5.41, 5.74) is 5.82. The van der Waals surface area contributed by atoms with Crippen LogP contribution in [0.2, 0.25) is 0 Å². The van der Waals surface area contributed by atoms with E-state index < -0.39 is 24.4 Å². The molecule has 0 saturated heterocycles. The third-order valence-corrected chi connectivity index (χ3v) is 3.11. The number of hydrogen-bond acceptors (Lipinski definition) is 4. The van der Waals surface area contributed by atoms with Crippen LogP contribution in [0.15, 0.2) is 24.3 Å². The molecule has 7 heteroatoms. The van der Waals surface area contributed by atoms with E-state index >= 15 is 0 Å². The number of alkyl halides is 1. The zero-order valence-electron chi connectivity index (χ0n) is 13.4. The smallest absolute Gasteiger partial charge is 0.237 e. The van der Waals surface area contributed by atoms with Crippen molar-refractivity contribution in [2.24, 2.45) is 5.73 Å². The molecule has 0 spiro atoms. The van der Waals surface area contributed by atoms with Crippen molar-refractivity contribution in [1.82, 2.24) is 5.32 Å². The number of rotatable bonds is 10. The van der Waals surface area contributed by atoms with Gasteiger partial charge < -0.3 is 20.5 Å². The van der Waals surface area contributed by atoms with Gasteiger partial charge in [0.15, 0.2) is 0 Å². The van der Waals surface area contributed by atoms with E-state index in [-0.39, 0.29) is 12.6 Å². The van der Waals surface area contributed by atoms with Crippen molar-refractivity contribution in [3.8, 4) is 5.75 Å². The fourth-order valence-corrected chi connectivity index (χ4v) is 2.06. The van der Waals surface area contributed by atoms with Gasteiger partial charge in [-0.1, -0.05) is 12.1 Å². The maximum absolute atomic E-state index is 12.2. The first-order valence-corrected chi connectivity index (χ1v) is 7.37. The van der Waals surface area contributed by atoms with Crippen LogP contribution in [-0.2, 0) is 14.3 Å². The first-order chi connectivity index (χ1) is 11.0. The quantitative estimate of drug-likeness (QED) is 0.498. The highest BCUT2D eigenvalue weighted by Gasteiger charge is 2.27. The van der Waals surface area contributed by atoms with Crippen LogP contribution in [0.5, 0.6) is 5.75 Å². The Balaban J connectivity index is 2.77. The molecular weight excluding hydrogens is 303 g/mol. The highest BCUT2D eigenvalue weighted by molar-refractivity contribution is 6.05. The first-order valence-electron chi connectivity index (χ1n) is 7.37. The lowest BCUT2D eigenvalue weighted by Crippen LogP contribution is -2.42. The number of ether oxygens (including phenoxy) is 2. The molecule has 0 aromatic heterocycles. The minimum absolute atomic E-state index is 0.238. The molecule has 6 nitrogen and oxygen atoms in total. The molecule has 0 heterocycles. The molecule has 0 aliphatic carbocycles. The van der Waals surface area contributed by atoms with E-state index in [2.05, 4.69) is 5.32 Å². The molecule has 0 aliphatic rings. The van der Waals surface area contributed by atoms with Crippen molar-refractivity contribution in [1.29, 1.82) is 0 Å². The number of halogens is 1. The molecule has 2 amide bonds. The molecule has 23 heavy (non-hydrogen) atoms.